The number of aliphatic hydroxyl groups excluding tert-OH is 1. The average molecular weight is 318 g/mol. The van der Waals surface area contributed by atoms with E-state index in [0.717, 1.165) is 4.90 Å². The number of rotatable bonds is 7. The lowest BCUT2D eigenvalue weighted by Gasteiger charge is -2.28. The van der Waals surface area contributed by atoms with Gasteiger partial charge in [-0.15, -0.1) is 11.8 Å². The number of hydrogen-bond acceptors (Lipinski definition) is 5. The fourth-order valence-electron chi connectivity index (χ4n) is 1.41. The highest BCUT2D eigenvalue weighted by Gasteiger charge is 2.29. The predicted octanol–water partition coefficient (Wildman–Crippen LogP) is 1.44. The second-order valence-electron chi connectivity index (χ2n) is 5.24. The third kappa shape index (κ3) is 5.70. The lowest BCUT2D eigenvalue weighted by molar-refractivity contribution is 0.112. The molecule has 0 aliphatic heterocycles. The summed E-state index contributed by atoms with van der Waals surface area (Å²) < 4.78 is 26.4. The Labute approximate surface area is 125 Å². The minimum atomic E-state index is -3.43. The smallest absolute Gasteiger partial charge is 0.212 e. The van der Waals surface area contributed by atoms with Gasteiger partial charge in [-0.3, -0.25) is 0 Å². The van der Waals surface area contributed by atoms with Crippen molar-refractivity contribution < 1.29 is 13.5 Å². The van der Waals surface area contributed by atoms with Crippen molar-refractivity contribution in [2.45, 2.75) is 37.3 Å². The molecule has 0 heterocycles. The van der Waals surface area contributed by atoms with Gasteiger partial charge in [-0.2, -0.15) is 0 Å². The van der Waals surface area contributed by atoms with Crippen LogP contribution in [0.2, 0.25) is 0 Å². The summed E-state index contributed by atoms with van der Waals surface area (Å²) in [6.07, 6.45) is -0.765. The standard InChI is InChI=1S/C13H22N2O3S2/c1-10(16)13(2,3)15-20(17,18)8-7-19-12-6-4-5-11(14)9-12/h4-6,9-10,15-16H,7-8,14H2,1-3H3. The first-order valence-electron chi connectivity index (χ1n) is 6.30. The van der Waals surface area contributed by atoms with Crippen LogP contribution in [0.5, 0.6) is 0 Å². The Bertz CT molecular complexity index is 542. The Morgan fingerprint density at radius 1 is 1.45 bits per heavy atom. The molecule has 0 aromatic heterocycles. The van der Waals surface area contributed by atoms with Gasteiger partial charge in [0.05, 0.1) is 17.4 Å². The summed E-state index contributed by atoms with van der Waals surface area (Å²) in [6, 6.07) is 7.32. The van der Waals surface area contributed by atoms with Crippen molar-refractivity contribution in [2.24, 2.45) is 0 Å². The molecule has 0 bridgehead atoms. The van der Waals surface area contributed by atoms with E-state index in [0.29, 0.717) is 11.4 Å². The second kappa shape index (κ2) is 6.80. The molecule has 114 valence electrons. The second-order valence-corrected chi connectivity index (χ2v) is 8.25. The minimum absolute atomic E-state index is 0.0113. The van der Waals surface area contributed by atoms with E-state index in [1.807, 2.05) is 18.2 Å². The lowest BCUT2D eigenvalue weighted by Crippen LogP contribution is -2.51. The summed E-state index contributed by atoms with van der Waals surface area (Å²) in [4.78, 5) is 0.940. The van der Waals surface area contributed by atoms with Crippen molar-refractivity contribution in [3.8, 4) is 0 Å². The van der Waals surface area contributed by atoms with Gasteiger partial charge < -0.3 is 10.8 Å². The number of aliphatic hydroxyl groups is 1. The fourth-order valence-corrected chi connectivity index (χ4v) is 4.33. The predicted molar refractivity (Wildman–Crippen MR) is 84.3 cm³/mol. The highest BCUT2D eigenvalue weighted by atomic mass is 32.2. The Morgan fingerprint density at radius 2 is 2.10 bits per heavy atom. The van der Waals surface area contributed by atoms with Crippen molar-refractivity contribution in [1.29, 1.82) is 0 Å². The van der Waals surface area contributed by atoms with Crippen LogP contribution in [0.15, 0.2) is 29.2 Å². The number of sulfonamides is 1. The zero-order chi connectivity index (χ0) is 15.4. The van der Waals surface area contributed by atoms with Gasteiger partial charge in [0.1, 0.15) is 0 Å². The molecule has 1 unspecified atom stereocenters. The topological polar surface area (TPSA) is 92.4 Å². The summed E-state index contributed by atoms with van der Waals surface area (Å²) in [5.74, 6) is 0.414. The zero-order valence-electron chi connectivity index (χ0n) is 12.0. The molecule has 0 fully saturated rings. The van der Waals surface area contributed by atoms with E-state index >= 15 is 0 Å². The van der Waals surface area contributed by atoms with Gasteiger partial charge in [-0.1, -0.05) is 6.07 Å². The summed E-state index contributed by atoms with van der Waals surface area (Å²) in [5, 5.41) is 9.53. The molecule has 0 aliphatic carbocycles. The highest BCUT2D eigenvalue weighted by molar-refractivity contribution is 8.00. The third-order valence-electron chi connectivity index (χ3n) is 2.94. The molecule has 0 radical (unpaired) electrons. The van der Waals surface area contributed by atoms with E-state index in [2.05, 4.69) is 4.72 Å². The molecular formula is C13H22N2O3S2. The van der Waals surface area contributed by atoms with Crippen LogP contribution >= 0.6 is 11.8 Å². The van der Waals surface area contributed by atoms with Crippen LogP contribution in [0, 0.1) is 0 Å². The van der Waals surface area contributed by atoms with Gasteiger partial charge in [-0.05, 0) is 39.0 Å². The first-order valence-corrected chi connectivity index (χ1v) is 8.94. The monoisotopic (exact) mass is 318 g/mol. The maximum Gasteiger partial charge on any atom is 0.212 e. The van der Waals surface area contributed by atoms with Gasteiger partial charge in [0.2, 0.25) is 10.0 Å². The van der Waals surface area contributed by atoms with Crippen LogP contribution in [-0.2, 0) is 10.0 Å². The maximum atomic E-state index is 11.9. The molecule has 1 aromatic carbocycles. The van der Waals surface area contributed by atoms with E-state index < -0.39 is 21.7 Å². The van der Waals surface area contributed by atoms with Gasteiger partial charge >= 0.3 is 0 Å². The molecule has 20 heavy (non-hydrogen) atoms. The first-order chi connectivity index (χ1) is 9.12. The highest BCUT2D eigenvalue weighted by Crippen LogP contribution is 2.20. The van der Waals surface area contributed by atoms with E-state index in [1.165, 1.54) is 11.8 Å². The third-order valence-corrected chi connectivity index (χ3v) is 5.77. The Kier molecular flexibility index (Phi) is 5.88. The van der Waals surface area contributed by atoms with E-state index in [4.69, 9.17) is 5.73 Å². The molecule has 4 N–H and O–H groups in total. The van der Waals surface area contributed by atoms with Crippen molar-refractivity contribution in [1.82, 2.24) is 4.72 Å². The number of thioether (sulfide) groups is 1. The molecule has 1 aromatic rings. The summed E-state index contributed by atoms with van der Waals surface area (Å²) in [6.45, 7) is 4.87. The molecule has 0 aliphatic rings. The number of benzene rings is 1. The van der Waals surface area contributed by atoms with Crippen LogP contribution in [0.4, 0.5) is 5.69 Å². The summed E-state index contributed by atoms with van der Waals surface area (Å²) in [7, 11) is -3.43. The van der Waals surface area contributed by atoms with Gasteiger partial charge in [-0.25, -0.2) is 13.1 Å². The maximum absolute atomic E-state index is 11.9. The van der Waals surface area contributed by atoms with Crippen LogP contribution in [-0.4, -0.2) is 36.7 Å². The SMILES string of the molecule is CC(O)C(C)(C)NS(=O)(=O)CCSc1cccc(N)c1. The lowest BCUT2D eigenvalue weighted by atomic mass is 10.0. The normalized spacial score (nSPS) is 14.2. The molecule has 0 spiro atoms. The molecule has 0 saturated carbocycles. The summed E-state index contributed by atoms with van der Waals surface area (Å²) in [5.41, 5.74) is 5.45. The zero-order valence-corrected chi connectivity index (χ0v) is 13.6. The number of hydrogen-bond donors (Lipinski definition) is 3. The van der Waals surface area contributed by atoms with Crippen LogP contribution in [0.25, 0.3) is 0 Å². The fraction of sp³-hybridized carbons (Fsp3) is 0.538. The molecular weight excluding hydrogens is 296 g/mol. The van der Waals surface area contributed by atoms with Crippen molar-refractivity contribution >= 4 is 27.5 Å². The van der Waals surface area contributed by atoms with E-state index in [-0.39, 0.29) is 5.75 Å². The average Bonchev–Trinajstić information content (AvgIpc) is 2.26. The summed E-state index contributed by atoms with van der Waals surface area (Å²) >= 11 is 1.43. The molecule has 1 atom stereocenters. The number of anilines is 1. The Hall–Kier alpha value is -0.760. The first kappa shape index (κ1) is 17.3. The van der Waals surface area contributed by atoms with Crippen molar-refractivity contribution in [3.63, 3.8) is 0 Å². The number of nitrogens with two attached hydrogens (primary N) is 1. The Balaban J connectivity index is 2.52. The molecule has 7 heteroatoms. The number of nitrogens with one attached hydrogen (secondary N) is 1. The molecule has 0 amide bonds. The quantitative estimate of drug-likeness (QED) is 0.522. The van der Waals surface area contributed by atoms with Gasteiger partial charge in [0, 0.05) is 16.3 Å². The van der Waals surface area contributed by atoms with Gasteiger partial charge in [0.25, 0.3) is 0 Å². The molecule has 1 rings (SSSR count). The van der Waals surface area contributed by atoms with Gasteiger partial charge in [0.15, 0.2) is 0 Å². The van der Waals surface area contributed by atoms with E-state index in [1.54, 1.807) is 26.8 Å². The molecule has 0 saturated heterocycles. The van der Waals surface area contributed by atoms with Crippen molar-refractivity contribution in [3.05, 3.63) is 24.3 Å². The largest absolute Gasteiger partial charge is 0.399 e. The Morgan fingerprint density at radius 3 is 2.65 bits per heavy atom. The van der Waals surface area contributed by atoms with Crippen molar-refractivity contribution in [2.75, 3.05) is 17.2 Å². The number of nitrogen functional groups attached to an aromatic ring is 1. The van der Waals surface area contributed by atoms with Crippen LogP contribution in [0.3, 0.4) is 0 Å². The van der Waals surface area contributed by atoms with Crippen LogP contribution in [0.1, 0.15) is 20.8 Å². The minimum Gasteiger partial charge on any atom is -0.399 e. The van der Waals surface area contributed by atoms with Crippen LogP contribution < -0.4 is 10.5 Å². The molecule has 5 nitrogen and oxygen atoms in total. The van der Waals surface area contributed by atoms with E-state index in [9.17, 15) is 13.5 Å².